The number of aliphatic hydroxyl groups excluding tert-OH is 2. The van der Waals surface area contributed by atoms with Gasteiger partial charge in [-0.15, -0.1) is 6.58 Å². The van der Waals surface area contributed by atoms with Gasteiger partial charge in [-0.3, -0.25) is 4.90 Å². The summed E-state index contributed by atoms with van der Waals surface area (Å²) in [6.45, 7) is 13.7. The van der Waals surface area contributed by atoms with Crippen molar-refractivity contribution in [1.29, 1.82) is 0 Å². The minimum absolute atomic E-state index is 0.0373. The molecule has 2 aliphatic carbocycles. The van der Waals surface area contributed by atoms with Gasteiger partial charge in [-0.1, -0.05) is 76.0 Å². The van der Waals surface area contributed by atoms with Crippen LogP contribution in [-0.4, -0.2) is 84.6 Å². The highest BCUT2D eigenvalue weighted by Crippen LogP contribution is 2.62. The zero-order valence-corrected chi connectivity index (χ0v) is 36.1. The molecule has 60 heavy (non-hydrogen) atoms. The average molecular weight is 835 g/mol. The minimum Gasteiger partial charge on any atom is -0.489 e. The fraction of sp³-hybridized carbons (Fsp3) is 0.625. The van der Waals surface area contributed by atoms with E-state index in [0.29, 0.717) is 55.2 Å². The van der Waals surface area contributed by atoms with Crippen LogP contribution in [0.15, 0.2) is 71.9 Å². The van der Waals surface area contributed by atoms with E-state index in [4.69, 9.17) is 33.7 Å². The predicted molar refractivity (Wildman–Crippen MR) is 228 cm³/mol. The van der Waals surface area contributed by atoms with Gasteiger partial charge < -0.3 is 38.7 Å². The van der Waals surface area contributed by atoms with Crippen LogP contribution in [0, 0.1) is 29.0 Å². The molecule has 2 aromatic carbocycles. The maximum absolute atomic E-state index is 14.7. The lowest BCUT2D eigenvalue weighted by Crippen LogP contribution is -2.70. The first-order chi connectivity index (χ1) is 29.0. The molecule has 11 nitrogen and oxygen atoms in total. The lowest BCUT2D eigenvalue weighted by molar-refractivity contribution is -0.255. The Bertz CT molecular complexity index is 1790. The van der Waals surface area contributed by atoms with E-state index in [1.807, 2.05) is 45.9 Å². The summed E-state index contributed by atoms with van der Waals surface area (Å²) in [7, 11) is 0. The summed E-state index contributed by atoms with van der Waals surface area (Å²) in [5.74, 6) is -1.18. The fourth-order valence-corrected chi connectivity index (χ4v) is 9.41. The highest BCUT2D eigenvalue weighted by atomic mass is 19.1. The van der Waals surface area contributed by atoms with Crippen molar-refractivity contribution in [2.45, 2.75) is 129 Å². The molecule has 2 aliphatic heterocycles. The van der Waals surface area contributed by atoms with Crippen LogP contribution in [-0.2, 0) is 25.7 Å². The molecule has 2 heterocycles. The van der Waals surface area contributed by atoms with Crippen LogP contribution < -0.4 is 9.47 Å². The van der Waals surface area contributed by atoms with Crippen molar-refractivity contribution in [3.63, 3.8) is 0 Å². The van der Waals surface area contributed by atoms with Gasteiger partial charge in [0.25, 0.3) is 0 Å². The van der Waals surface area contributed by atoms with Crippen LogP contribution in [0.1, 0.15) is 115 Å². The second-order valence-electron chi connectivity index (χ2n) is 17.9. The normalized spacial score (nSPS) is 26.6. The van der Waals surface area contributed by atoms with Gasteiger partial charge in [-0.25, -0.2) is 9.18 Å². The molecule has 1 unspecified atom stereocenters. The number of amides is 1. The summed E-state index contributed by atoms with van der Waals surface area (Å²) in [6, 6.07) is 11.6. The highest BCUT2D eigenvalue weighted by molar-refractivity contribution is 6.03. The number of hydrogen-bond acceptors (Lipinski definition) is 10. The van der Waals surface area contributed by atoms with Gasteiger partial charge in [0.15, 0.2) is 0 Å². The van der Waals surface area contributed by atoms with Crippen molar-refractivity contribution >= 4 is 11.8 Å². The van der Waals surface area contributed by atoms with Crippen molar-refractivity contribution in [3.8, 4) is 11.5 Å². The summed E-state index contributed by atoms with van der Waals surface area (Å²) < 4.78 is 47.5. The molecule has 330 valence electrons. The second kappa shape index (κ2) is 21.2. The molecule has 1 saturated carbocycles. The highest BCUT2D eigenvalue weighted by Gasteiger charge is 2.65. The smallest absolute Gasteiger partial charge is 0.410 e. The zero-order valence-electron chi connectivity index (χ0n) is 36.1. The van der Waals surface area contributed by atoms with Crippen LogP contribution in [0.4, 0.5) is 9.18 Å². The molecule has 2 fully saturated rings. The molecule has 6 rings (SSSR count). The second-order valence-corrected chi connectivity index (χ2v) is 17.9. The lowest BCUT2D eigenvalue weighted by Gasteiger charge is -2.60. The number of hydrogen-bond donors (Lipinski definition) is 2. The molecule has 0 radical (unpaired) electrons. The summed E-state index contributed by atoms with van der Waals surface area (Å²) in [4.78, 5) is 22.5. The number of ether oxygens (including phenoxy) is 5. The number of nitrogens with zero attached hydrogens (tertiary/aromatic N) is 2. The van der Waals surface area contributed by atoms with Gasteiger partial charge in [-0.2, -0.15) is 0 Å². The Morgan fingerprint density at radius 1 is 1.08 bits per heavy atom. The molecule has 1 amide bonds. The van der Waals surface area contributed by atoms with E-state index in [1.54, 1.807) is 29.2 Å². The Balaban J connectivity index is 1.55. The first kappa shape index (κ1) is 45.6. The van der Waals surface area contributed by atoms with Crippen LogP contribution in [0.3, 0.4) is 0 Å². The van der Waals surface area contributed by atoms with Gasteiger partial charge >= 0.3 is 6.09 Å². The van der Waals surface area contributed by atoms with E-state index in [0.717, 1.165) is 56.1 Å². The van der Waals surface area contributed by atoms with Gasteiger partial charge in [0.05, 0.1) is 31.5 Å². The van der Waals surface area contributed by atoms with E-state index in [9.17, 15) is 19.4 Å². The standard InChI is InChI=1S/C48H67FN2O9/c1-6-23-51(46(54)57-32-47(3,4)5)42-30-40(50-60-43-20-12-15-27-55-43)37-28-33(16-10-13-24-52)36(18-11-14-25-53)44-38-29-35(56-31-34-17-8-9-19-39(34)49)21-22-41(38)59-48(42,45(37)44)58-26-7-2/h7-9,17,19,21-22,28-29,33,36,42-45,52-53H,2,6,10-16,18,20,23-27,30-32H2,1,3-5H3/t33-,36+,42-,43?,44+,45+,48+/m0/s1. The van der Waals surface area contributed by atoms with Gasteiger partial charge in [0, 0.05) is 49.6 Å². The topological polar surface area (TPSA) is 129 Å². The summed E-state index contributed by atoms with van der Waals surface area (Å²) in [5.41, 5.74) is 2.74. The number of aliphatic hydroxyl groups is 2. The Morgan fingerprint density at radius 3 is 2.57 bits per heavy atom. The Morgan fingerprint density at radius 2 is 1.87 bits per heavy atom. The van der Waals surface area contributed by atoms with Gasteiger partial charge in [-0.05, 0) is 92.0 Å². The maximum atomic E-state index is 14.7. The first-order valence-electron chi connectivity index (χ1n) is 22.2. The molecule has 0 bridgehead atoms. The number of unbranched alkanes of at least 4 members (excludes halogenated alkanes) is 2. The van der Waals surface area contributed by atoms with Crippen molar-refractivity contribution in [2.24, 2.45) is 28.3 Å². The molecular weight excluding hydrogens is 768 g/mol. The number of fused-ring (bicyclic) bond motifs is 2. The van der Waals surface area contributed by atoms with Crippen LogP contribution in [0.25, 0.3) is 0 Å². The lowest BCUT2D eigenvalue weighted by atomic mass is 9.55. The monoisotopic (exact) mass is 834 g/mol. The van der Waals surface area contributed by atoms with Crippen LogP contribution in [0.2, 0.25) is 0 Å². The van der Waals surface area contributed by atoms with Crippen molar-refractivity contribution in [2.75, 3.05) is 39.6 Å². The molecule has 2 aromatic rings. The fourth-order valence-electron chi connectivity index (χ4n) is 9.41. The van der Waals surface area contributed by atoms with Crippen molar-refractivity contribution in [1.82, 2.24) is 4.90 Å². The molecule has 4 aliphatic rings. The van der Waals surface area contributed by atoms with Gasteiger partial charge in [0.2, 0.25) is 12.1 Å². The largest absolute Gasteiger partial charge is 0.489 e. The van der Waals surface area contributed by atoms with Crippen LogP contribution in [0.5, 0.6) is 11.5 Å². The zero-order chi connectivity index (χ0) is 42.7. The minimum atomic E-state index is -1.41. The molecule has 1 saturated heterocycles. The molecular formula is C48H67FN2O9. The average Bonchev–Trinajstić information content (AvgIpc) is 3.24. The Hall–Kier alpha value is -3.97. The number of allylic oxidation sites excluding steroid dienone is 1. The first-order valence-corrected chi connectivity index (χ1v) is 22.2. The molecule has 2 N–H and O–H groups in total. The SMILES string of the molecule is C=CCO[C@@]12Oc3ccc(OCc4ccccc4F)cc3[C@H]3[C@H](CCCCO)[C@@H](CCCCO)C=C(C(=NOC4CCCCO4)C[C@@H]1N(CCC)C(=O)OCC(C)(C)C)[C@H]32. The number of halogens is 1. The number of oxime groups is 1. The van der Waals surface area contributed by atoms with E-state index in [2.05, 4.69) is 12.7 Å². The molecule has 0 spiro atoms. The van der Waals surface area contributed by atoms with E-state index in [1.165, 1.54) is 6.07 Å². The van der Waals surface area contributed by atoms with Crippen LogP contribution >= 0.6 is 0 Å². The molecule has 7 atom stereocenters. The summed E-state index contributed by atoms with van der Waals surface area (Å²) >= 11 is 0. The summed E-state index contributed by atoms with van der Waals surface area (Å²) in [5, 5.41) is 24.8. The Labute approximate surface area is 355 Å². The third-order valence-electron chi connectivity index (χ3n) is 12.1. The summed E-state index contributed by atoms with van der Waals surface area (Å²) in [6.07, 6.45) is 11.2. The van der Waals surface area contributed by atoms with Gasteiger partial charge in [0.1, 0.15) is 30.0 Å². The number of carbonyl (C=O) groups is 1. The van der Waals surface area contributed by atoms with E-state index in [-0.39, 0.29) is 68.4 Å². The third kappa shape index (κ3) is 10.7. The number of benzene rings is 2. The number of rotatable bonds is 20. The van der Waals surface area contributed by atoms with E-state index < -0.39 is 30.1 Å². The molecule has 12 heteroatoms. The third-order valence-corrected chi connectivity index (χ3v) is 12.1. The van der Waals surface area contributed by atoms with Crippen molar-refractivity contribution < 1.29 is 47.9 Å². The van der Waals surface area contributed by atoms with Crippen molar-refractivity contribution in [3.05, 3.63) is 83.7 Å². The number of carbonyl (C=O) groups excluding carboxylic acids is 1. The molecule has 0 aromatic heterocycles. The quantitative estimate of drug-likeness (QED) is 0.0762. The van der Waals surface area contributed by atoms with E-state index >= 15 is 0 Å². The predicted octanol–water partition coefficient (Wildman–Crippen LogP) is 9.46. The Kier molecular flexibility index (Phi) is 16.1. The maximum Gasteiger partial charge on any atom is 0.410 e.